The fraction of sp³-hybridized carbons (Fsp3) is 0.217. The number of rotatable bonds is 5. The lowest BCUT2D eigenvalue weighted by atomic mass is 9.62. The van der Waals surface area contributed by atoms with Gasteiger partial charge in [0.2, 0.25) is 0 Å². The van der Waals surface area contributed by atoms with Crippen molar-refractivity contribution in [1.82, 2.24) is 0 Å². The van der Waals surface area contributed by atoms with Crippen LogP contribution in [0.3, 0.4) is 0 Å². The molecule has 1 heteroatoms. The van der Waals surface area contributed by atoms with Crippen molar-refractivity contribution in [2.75, 3.05) is 0 Å². The Balaban J connectivity index is 2.37. The first-order valence-electron chi connectivity index (χ1n) is 8.59. The van der Waals surface area contributed by atoms with Crippen LogP contribution in [-0.4, -0.2) is 6.04 Å². The Labute approximate surface area is 145 Å². The SMILES string of the molecule is CC(C)C(N)C(c1ccccc1)(c1ccccc1)c1ccccc1. The van der Waals surface area contributed by atoms with E-state index in [4.69, 9.17) is 5.73 Å². The quantitative estimate of drug-likeness (QED) is 0.658. The normalized spacial score (nSPS) is 13.0. The maximum atomic E-state index is 6.89. The fourth-order valence-electron chi connectivity index (χ4n) is 3.68. The molecule has 1 nitrogen and oxygen atoms in total. The van der Waals surface area contributed by atoms with Crippen LogP contribution in [0.25, 0.3) is 0 Å². The van der Waals surface area contributed by atoms with Crippen molar-refractivity contribution < 1.29 is 0 Å². The molecule has 3 aromatic rings. The zero-order chi connectivity index (χ0) is 17.0. The molecule has 24 heavy (non-hydrogen) atoms. The number of hydrogen-bond acceptors (Lipinski definition) is 1. The molecular weight excluding hydrogens is 290 g/mol. The van der Waals surface area contributed by atoms with Crippen LogP contribution in [-0.2, 0) is 5.41 Å². The van der Waals surface area contributed by atoms with Crippen molar-refractivity contribution in [3.05, 3.63) is 108 Å². The van der Waals surface area contributed by atoms with E-state index in [1.165, 1.54) is 16.7 Å². The van der Waals surface area contributed by atoms with Crippen LogP contribution < -0.4 is 5.73 Å². The summed E-state index contributed by atoms with van der Waals surface area (Å²) >= 11 is 0. The Kier molecular flexibility index (Phi) is 4.82. The molecule has 122 valence electrons. The smallest absolute Gasteiger partial charge is 0.0604 e. The van der Waals surface area contributed by atoms with Gasteiger partial charge in [0.25, 0.3) is 0 Å². The molecule has 0 radical (unpaired) electrons. The predicted molar refractivity (Wildman–Crippen MR) is 102 cm³/mol. The van der Waals surface area contributed by atoms with Crippen LogP contribution in [0.5, 0.6) is 0 Å². The highest BCUT2D eigenvalue weighted by molar-refractivity contribution is 5.52. The molecular formula is C23H25N. The van der Waals surface area contributed by atoms with Gasteiger partial charge in [0, 0.05) is 6.04 Å². The van der Waals surface area contributed by atoms with Crippen LogP contribution in [0.15, 0.2) is 91.0 Å². The highest BCUT2D eigenvalue weighted by Crippen LogP contribution is 2.43. The minimum Gasteiger partial charge on any atom is -0.326 e. The second-order valence-electron chi connectivity index (χ2n) is 6.68. The van der Waals surface area contributed by atoms with Gasteiger partial charge in [-0.15, -0.1) is 0 Å². The summed E-state index contributed by atoms with van der Waals surface area (Å²) in [6.45, 7) is 4.41. The van der Waals surface area contributed by atoms with Crippen LogP contribution >= 0.6 is 0 Å². The van der Waals surface area contributed by atoms with Crippen molar-refractivity contribution in [3.8, 4) is 0 Å². The van der Waals surface area contributed by atoms with E-state index >= 15 is 0 Å². The first-order chi connectivity index (χ1) is 11.7. The van der Waals surface area contributed by atoms with Gasteiger partial charge in [0.15, 0.2) is 0 Å². The van der Waals surface area contributed by atoms with Crippen molar-refractivity contribution in [2.24, 2.45) is 11.7 Å². The first kappa shape index (κ1) is 16.5. The van der Waals surface area contributed by atoms with Gasteiger partial charge in [0.05, 0.1) is 5.41 Å². The van der Waals surface area contributed by atoms with Crippen molar-refractivity contribution >= 4 is 0 Å². The highest BCUT2D eigenvalue weighted by Gasteiger charge is 2.42. The van der Waals surface area contributed by atoms with Gasteiger partial charge in [0.1, 0.15) is 0 Å². The average molecular weight is 315 g/mol. The second kappa shape index (κ2) is 7.02. The van der Waals surface area contributed by atoms with Gasteiger partial charge in [-0.1, -0.05) is 105 Å². The molecule has 0 bridgehead atoms. The van der Waals surface area contributed by atoms with Gasteiger partial charge < -0.3 is 5.73 Å². The summed E-state index contributed by atoms with van der Waals surface area (Å²) in [5, 5.41) is 0. The molecule has 0 saturated carbocycles. The standard InChI is InChI=1S/C23H25N/c1-18(2)22(24)23(19-12-6-3-7-13-19,20-14-8-4-9-15-20)21-16-10-5-11-17-21/h3-18,22H,24H2,1-2H3. The summed E-state index contributed by atoms with van der Waals surface area (Å²) < 4.78 is 0. The lowest BCUT2D eigenvalue weighted by Gasteiger charge is -2.43. The first-order valence-corrected chi connectivity index (χ1v) is 8.59. The zero-order valence-corrected chi connectivity index (χ0v) is 14.4. The summed E-state index contributed by atoms with van der Waals surface area (Å²) in [4.78, 5) is 0. The highest BCUT2D eigenvalue weighted by atomic mass is 14.7. The Bertz CT molecular complexity index is 651. The van der Waals surface area contributed by atoms with E-state index in [9.17, 15) is 0 Å². The van der Waals surface area contributed by atoms with Crippen molar-refractivity contribution in [2.45, 2.75) is 25.3 Å². The Hall–Kier alpha value is -2.38. The molecule has 0 fully saturated rings. The molecule has 0 saturated heterocycles. The molecule has 3 rings (SSSR count). The van der Waals surface area contributed by atoms with Crippen LogP contribution in [0.1, 0.15) is 30.5 Å². The molecule has 2 N–H and O–H groups in total. The lowest BCUT2D eigenvalue weighted by molar-refractivity contribution is 0.375. The minimum atomic E-state index is -0.363. The molecule has 1 unspecified atom stereocenters. The fourth-order valence-corrected chi connectivity index (χ4v) is 3.68. The molecule has 0 amide bonds. The van der Waals surface area contributed by atoms with Crippen molar-refractivity contribution in [3.63, 3.8) is 0 Å². The Morgan fingerprint density at radius 2 is 0.875 bits per heavy atom. The van der Waals surface area contributed by atoms with Crippen LogP contribution in [0.4, 0.5) is 0 Å². The maximum Gasteiger partial charge on any atom is 0.0604 e. The topological polar surface area (TPSA) is 26.0 Å². The Morgan fingerprint density at radius 1 is 0.583 bits per heavy atom. The third-order valence-corrected chi connectivity index (χ3v) is 4.91. The molecule has 0 heterocycles. The third-order valence-electron chi connectivity index (χ3n) is 4.91. The lowest BCUT2D eigenvalue weighted by Crippen LogP contribution is -2.50. The largest absolute Gasteiger partial charge is 0.326 e. The molecule has 1 atom stereocenters. The van der Waals surface area contributed by atoms with E-state index < -0.39 is 0 Å². The number of nitrogens with two attached hydrogens (primary N) is 1. The van der Waals surface area contributed by atoms with Gasteiger partial charge in [-0.2, -0.15) is 0 Å². The van der Waals surface area contributed by atoms with E-state index in [0.717, 1.165) is 0 Å². The van der Waals surface area contributed by atoms with E-state index in [1.54, 1.807) is 0 Å². The number of hydrogen-bond donors (Lipinski definition) is 1. The maximum absolute atomic E-state index is 6.89. The van der Waals surface area contributed by atoms with Crippen LogP contribution in [0, 0.1) is 5.92 Å². The molecule has 0 aliphatic rings. The van der Waals surface area contributed by atoms with E-state index in [0.29, 0.717) is 5.92 Å². The Morgan fingerprint density at radius 3 is 1.12 bits per heavy atom. The summed E-state index contributed by atoms with van der Waals surface area (Å²) in [5.74, 6) is 0.339. The summed E-state index contributed by atoms with van der Waals surface area (Å²) in [7, 11) is 0. The number of benzene rings is 3. The molecule has 3 aromatic carbocycles. The van der Waals surface area contributed by atoms with Gasteiger partial charge in [-0.3, -0.25) is 0 Å². The van der Waals surface area contributed by atoms with E-state index in [2.05, 4.69) is 105 Å². The van der Waals surface area contributed by atoms with Gasteiger partial charge >= 0.3 is 0 Å². The monoisotopic (exact) mass is 315 g/mol. The van der Waals surface area contributed by atoms with Crippen LogP contribution in [0.2, 0.25) is 0 Å². The second-order valence-corrected chi connectivity index (χ2v) is 6.68. The molecule has 0 spiro atoms. The van der Waals surface area contributed by atoms with E-state index in [1.807, 2.05) is 0 Å². The van der Waals surface area contributed by atoms with Gasteiger partial charge in [-0.05, 0) is 22.6 Å². The summed E-state index contributed by atoms with van der Waals surface area (Å²) in [6.07, 6.45) is 0. The average Bonchev–Trinajstić information content (AvgIpc) is 2.65. The molecule has 0 aliphatic carbocycles. The third kappa shape index (κ3) is 2.76. The molecule has 0 aliphatic heterocycles. The van der Waals surface area contributed by atoms with Crippen molar-refractivity contribution in [1.29, 1.82) is 0 Å². The minimum absolute atomic E-state index is 0.0373. The summed E-state index contributed by atoms with van der Waals surface area (Å²) in [5.41, 5.74) is 10.2. The van der Waals surface area contributed by atoms with Gasteiger partial charge in [-0.25, -0.2) is 0 Å². The van der Waals surface area contributed by atoms with E-state index in [-0.39, 0.29) is 11.5 Å². The molecule has 0 aromatic heterocycles. The summed E-state index contributed by atoms with van der Waals surface area (Å²) in [6, 6.07) is 31.9. The predicted octanol–water partition coefficient (Wildman–Crippen LogP) is 5.00. The zero-order valence-electron chi connectivity index (χ0n) is 14.4.